The molecule has 3 amide bonds. The number of allylic oxidation sites excluding steroid dienone is 1. The molecule has 1 fully saturated rings. The lowest BCUT2D eigenvalue weighted by molar-refractivity contribution is -0.139. The number of nitrogens with one attached hydrogen (secondary N) is 2. The topological polar surface area (TPSA) is 98.7 Å². The van der Waals surface area contributed by atoms with E-state index >= 15 is 0 Å². The quantitative estimate of drug-likeness (QED) is 0.683. The summed E-state index contributed by atoms with van der Waals surface area (Å²) in [5, 5.41) is 14.5. The maximum Gasteiger partial charge on any atom is 0.326 e. The zero-order chi connectivity index (χ0) is 17.7. The lowest BCUT2D eigenvalue weighted by Gasteiger charge is -2.17. The second-order valence-corrected chi connectivity index (χ2v) is 5.62. The van der Waals surface area contributed by atoms with E-state index in [1.807, 2.05) is 0 Å². The predicted octanol–water partition coefficient (Wildman–Crippen LogP) is 2.02. The summed E-state index contributed by atoms with van der Waals surface area (Å²) in [6, 6.07) is 3.33. The molecule has 3 N–H and O–H groups in total. The highest BCUT2D eigenvalue weighted by atomic mass is 35.5. The molecule has 0 bridgehead atoms. The van der Waals surface area contributed by atoms with Gasteiger partial charge < -0.3 is 15.7 Å². The Morgan fingerprint density at radius 1 is 1.50 bits per heavy atom. The van der Waals surface area contributed by atoms with Gasteiger partial charge in [-0.1, -0.05) is 23.8 Å². The zero-order valence-corrected chi connectivity index (χ0v) is 13.8. The average molecular weight is 352 g/mol. The van der Waals surface area contributed by atoms with E-state index in [1.165, 1.54) is 17.0 Å². The van der Waals surface area contributed by atoms with Crippen molar-refractivity contribution in [3.05, 3.63) is 40.9 Å². The summed E-state index contributed by atoms with van der Waals surface area (Å²) in [4.78, 5) is 36.8. The van der Waals surface area contributed by atoms with E-state index in [9.17, 15) is 19.5 Å². The third kappa shape index (κ3) is 4.05. The van der Waals surface area contributed by atoms with Crippen molar-refractivity contribution in [1.82, 2.24) is 10.6 Å². The van der Waals surface area contributed by atoms with Crippen LogP contribution < -0.4 is 15.5 Å². The lowest BCUT2D eigenvalue weighted by atomic mass is 10.1. The van der Waals surface area contributed by atoms with E-state index < -0.39 is 17.9 Å². The predicted molar refractivity (Wildman–Crippen MR) is 90.5 cm³/mol. The van der Waals surface area contributed by atoms with Crippen LogP contribution >= 0.6 is 11.6 Å². The van der Waals surface area contributed by atoms with Gasteiger partial charge in [-0.2, -0.15) is 0 Å². The van der Waals surface area contributed by atoms with Crippen molar-refractivity contribution in [3.8, 4) is 0 Å². The summed E-state index contributed by atoms with van der Waals surface area (Å²) >= 11 is 6.06. The number of benzene rings is 1. The molecule has 0 radical (unpaired) electrons. The SMILES string of the molecule is C/C=C/CC(NC(=O)c1cc(N2CCNC2=O)ccc1Cl)C(=O)O. The van der Waals surface area contributed by atoms with E-state index in [4.69, 9.17) is 11.6 Å². The van der Waals surface area contributed by atoms with Crippen LogP contribution in [-0.2, 0) is 4.79 Å². The molecule has 2 rings (SSSR count). The van der Waals surface area contributed by atoms with Gasteiger partial charge in [0.25, 0.3) is 5.91 Å². The van der Waals surface area contributed by atoms with Crippen molar-refractivity contribution < 1.29 is 19.5 Å². The Morgan fingerprint density at radius 2 is 2.25 bits per heavy atom. The highest BCUT2D eigenvalue weighted by molar-refractivity contribution is 6.34. The average Bonchev–Trinajstić information content (AvgIpc) is 2.97. The maximum atomic E-state index is 12.4. The van der Waals surface area contributed by atoms with E-state index in [0.717, 1.165) is 0 Å². The molecule has 1 heterocycles. The number of amides is 3. The number of carbonyl (C=O) groups excluding carboxylic acids is 2. The first-order valence-corrected chi connectivity index (χ1v) is 7.81. The van der Waals surface area contributed by atoms with Crippen LogP contribution in [0, 0.1) is 0 Å². The summed E-state index contributed by atoms with van der Waals surface area (Å²) in [6.07, 6.45) is 3.54. The van der Waals surface area contributed by atoms with Crippen LogP contribution in [0.5, 0.6) is 0 Å². The number of hydrogen-bond acceptors (Lipinski definition) is 3. The maximum absolute atomic E-state index is 12.4. The molecule has 0 saturated carbocycles. The van der Waals surface area contributed by atoms with Crippen LogP contribution in [0.15, 0.2) is 30.4 Å². The molecule has 1 aliphatic rings. The van der Waals surface area contributed by atoms with Gasteiger partial charge in [0.15, 0.2) is 0 Å². The lowest BCUT2D eigenvalue weighted by Crippen LogP contribution is -2.40. The van der Waals surface area contributed by atoms with Gasteiger partial charge in [-0.3, -0.25) is 9.69 Å². The number of anilines is 1. The third-order valence-corrected chi connectivity index (χ3v) is 3.90. The molecular formula is C16H18ClN3O4. The fourth-order valence-electron chi connectivity index (χ4n) is 2.30. The number of urea groups is 1. The summed E-state index contributed by atoms with van der Waals surface area (Å²) in [6.45, 7) is 2.77. The summed E-state index contributed by atoms with van der Waals surface area (Å²) in [5.41, 5.74) is 0.653. The van der Waals surface area contributed by atoms with Crippen LogP contribution in [0.3, 0.4) is 0 Å². The second-order valence-electron chi connectivity index (χ2n) is 5.22. The van der Waals surface area contributed by atoms with Crippen LogP contribution in [0.2, 0.25) is 5.02 Å². The van der Waals surface area contributed by atoms with Crippen LogP contribution in [0.1, 0.15) is 23.7 Å². The van der Waals surface area contributed by atoms with E-state index in [-0.39, 0.29) is 23.0 Å². The number of carboxylic acids is 1. The molecule has 128 valence electrons. The Hall–Kier alpha value is -2.54. The molecule has 1 atom stereocenters. The molecular weight excluding hydrogens is 334 g/mol. The van der Waals surface area contributed by atoms with E-state index in [0.29, 0.717) is 18.8 Å². The number of hydrogen-bond donors (Lipinski definition) is 3. The first-order valence-electron chi connectivity index (χ1n) is 7.43. The molecule has 1 saturated heterocycles. The minimum Gasteiger partial charge on any atom is -0.480 e. The molecule has 8 heteroatoms. The fourth-order valence-corrected chi connectivity index (χ4v) is 2.51. The van der Waals surface area contributed by atoms with Crippen LogP contribution in [0.4, 0.5) is 10.5 Å². The second kappa shape index (κ2) is 7.83. The van der Waals surface area contributed by atoms with Gasteiger partial charge in [-0.25, -0.2) is 9.59 Å². The monoisotopic (exact) mass is 351 g/mol. The van der Waals surface area contributed by atoms with Crippen molar-refractivity contribution >= 4 is 35.2 Å². The molecule has 0 spiro atoms. The van der Waals surface area contributed by atoms with Crippen LogP contribution in [0.25, 0.3) is 0 Å². The van der Waals surface area contributed by atoms with E-state index in [1.54, 1.807) is 25.1 Å². The number of halogens is 1. The number of rotatable bonds is 6. The van der Waals surface area contributed by atoms with Gasteiger partial charge in [0.05, 0.1) is 10.6 Å². The molecule has 1 aliphatic heterocycles. The molecule has 0 aromatic heterocycles. The Kier molecular flexibility index (Phi) is 5.81. The number of carboxylic acid groups (broad SMARTS) is 1. The van der Waals surface area contributed by atoms with Crippen molar-refractivity contribution in [2.24, 2.45) is 0 Å². The molecule has 7 nitrogen and oxygen atoms in total. The van der Waals surface area contributed by atoms with Gasteiger partial charge in [-0.05, 0) is 31.5 Å². The summed E-state index contributed by atoms with van der Waals surface area (Å²) < 4.78 is 0. The number of carbonyl (C=O) groups is 3. The molecule has 1 aromatic rings. The minimum absolute atomic E-state index is 0.126. The Bertz CT molecular complexity index is 690. The van der Waals surface area contributed by atoms with Gasteiger partial charge in [0.1, 0.15) is 6.04 Å². The van der Waals surface area contributed by atoms with Crippen molar-refractivity contribution in [1.29, 1.82) is 0 Å². The summed E-state index contributed by atoms with van der Waals surface area (Å²) in [7, 11) is 0. The molecule has 1 unspecified atom stereocenters. The van der Waals surface area contributed by atoms with Crippen LogP contribution in [-0.4, -0.2) is 42.1 Å². The van der Waals surface area contributed by atoms with Gasteiger partial charge in [-0.15, -0.1) is 0 Å². The zero-order valence-electron chi connectivity index (χ0n) is 13.1. The first kappa shape index (κ1) is 17.8. The van der Waals surface area contributed by atoms with Crippen molar-refractivity contribution in [2.45, 2.75) is 19.4 Å². The molecule has 1 aromatic carbocycles. The van der Waals surface area contributed by atoms with Crippen molar-refractivity contribution in [2.75, 3.05) is 18.0 Å². The Morgan fingerprint density at radius 3 is 2.83 bits per heavy atom. The number of aliphatic carboxylic acids is 1. The largest absolute Gasteiger partial charge is 0.480 e. The highest BCUT2D eigenvalue weighted by Crippen LogP contribution is 2.24. The Labute approximate surface area is 144 Å². The molecule has 24 heavy (non-hydrogen) atoms. The Balaban J connectivity index is 2.21. The molecule has 0 aliphatic carbocycles. The fraction of sp³-hybridized carbons (Fsp3) is 0.312. The van der Waals surface area contributed by atoms with E-state index in [2.05, 4.69) is 10.6 Å². The van der Waals surface area contributed by atoms with Gasteiger partial charge in [0, 0.05) is 18.8 Å². The smallest absolute Gasteiger partial charge is 0.326 e. The number of nitrogens with zero attached hydrogens (tertiary/aromatic N) is 1. The first-order chi connectivity index (χ1) is 11.4. The standard InChI is InChI=1S/C16H18ClN3O4/c1-2-3-4-13(15(22)23)19-14(21)11-9-10(5-6-12(11)17)20-8-7-18-16(20)24/h2-3,5-6,9,13H,4,7-8H2,1H3,(H,18,24)(H,19,21)(H,22,23)/b3-2+. The van der Waals surface area contributed by atoms with Gasteiger partial charge in [0.2, 0.25) is 0 Å². The van der Waals surface area contributed by atoms with Gasteiger partial charge >= 0.3 is 12.0 Å². The minimum atomic E-state index is -1.13. The normalized spacial score (nSPS) is 15.4. The highest BCUT2D eigenvalue weighted by Gasteiger charge is 2.24. The van der Waals surface area contributed by atoms with Crippen molar-refractivity contribution in [3.63, 3.8) is 0 Å². The third-order valence-electron chi connectivity index (χ3n) is 3.57. The summed E-state index contributed by atoms with van der Waals surface area (Å²) in [5.74, 6) is -1.73.